The second-order valence-corrected chi connectivity index (χ2v) is 7.60. The molecule has 1 aliphatic rings. The minimum absolute atomic E-state index is 0.0873. The number of Topliss-reactive ketones (excluding diaryl/α,β-unsaturated/α-hetero) is 1. The molecule has 1 aliphatic heterocycles. The van der Waals surface area contributed by atoms with Gasteiger partial charge in [0.2, 0.25) is 0 Å². The molecule has 164 valence electrons. The number of benzene rings is 2. The van der Waals surface area contributed by atoms with Gasteiger partial charge < -0.3 is 19.0 Å². The van der Waals surface area contributed by atoms with Crippen molar-refractivity contribution in [1.29, 1.82) is 0 Å². The summed E-state index contributed by atoms with van der Waals surface area (Å²) in [5, 5.41) is 11.3. The molecule has 0 bridgehead atoms. The molecule has 1 unspecified atom stereocenters. The van der Waals surface area contributed by atoms with E-state index in [0.29, 0.717) is 22.9 Å². The molecule has 1 saturated heterocycles. The summed E-state index contributed by atoms with van der Waals surface area (Å²) in [6.45, 7) is 3.83. The summed E-state index contributed by atoms with van der Waals surface area (Å²) in [6.07, 6.45) is 1.46. The number of anilines is 1. The van der Waals surface area contributed by atoms with E-state index in [2.05, 4.69) is 0 Å². The second-order valence-electron chi connectivity index (χ2n) is 7.60. The fourth-order valence-corrected chi connectivity index (χ4v) is 4.05. The van der Waals surface area contributed by atoms with E-state index in [9.17, 15) is 14.7 Å². The normalized spacial score (nSPS) is 17.6. The molecule has 1 aromatic heterocycles. The first-order valence-electron chi connectivity index (χ1n) is 10.0. The number of aryl methyl sites for hydroxylation is 2. The van der Waals surface area contributed by atoms with Gasteiger partial charge in [0.25, 0.3) is 11.7 Å². The Labute approximate surface area is 185 Å². The molecule has 1 N–H and O–H groups in total. The van der Waals surface area contributed by atoms with Crippen LogP contribution >= 0.6 is 0 Å². The van der Waals surface area contributed by atoms with Crippen molar-refractivity contribution in [3.8, 4) is 11.5 Å². The first kappa shape index (κ1) is 21.2. The average Bonchev–Trinajstić information content (AvgIpc) is 3.39. The summed E-state index contributed by atoms with van der Waals surface area (Å²) < 4.78 is 16.2. The van der Waals surface area contributed by atoms with Gasteiger partial charge in [-0.1, -0.05) is 6.07 Å². The highest BCUT2D eigenvalue weighted by atomic mass is 16.5. The topological polar surface area (TPSA) is 89.2 Å². The number of carbonyl (C=O) groups excluding carboxylic acids is 2. The zero-order chi connectivity index (χ0) is 23.0. The number of furan rings is 1. The van der Waals surface area contributed by atoms with Crippen LogP contribution in [0.15, 0.2) is 64.8 Å². The van der Waals surface area contributed by atoms with Gasteiger partial charge in [0, 0.05) is 5.69 Å². The largest absolute Gasteiger partial charge is 0.507 e. The van der Waals surface area contributed by atoms with Crippen molar-refractivity contribution in [3.05, 3.63) is 82.8 Å². The molecule has 7 nitrogen and oxygen atoms in total. The van der Waals surface area contributed by atoms with Gasteiger partial charge in [0.15, 0.2) is 0 Å². The number of methoxy groups -OCH3 is 2. The van der Waals surface area contributed by atoms with Crippen LogP contribution in [0.5, 0.6) is 11.5 Å². The minimum Gasteiger partial charge on any atom is -0.507 e. The Kier molecular flexibility index (Phi) is 5.48. The molecule has 32 heavy (non-hydrogen) atoms. The second kappa shape index (κ2) is 8.26. The quantitative estimate of drug-likeness (QED) is 0.361. The van der Waals surface area contributed by atoms with E-state index in [1.54, 1.807) is 30.3 Å². The van der Waals surface area contributed by atoms with E-state index in [1.165, 1.54) is 25.4 Å². The molecule has 0 spiro atoms. The Morgan fingerprint density at radius 1 is 1.00 bits per heavy atom. The lowest BCUT2D eigenvalue weighted by Gasteiger charge is -2.24. The highest BCUT2D eigenvalue weighted by Crippen LogP contribution is 2.44. The average molecular weight is 433 g/mol. The molecular formula is C25H23NO6. The zero-order valence-electron chi connectivity index (χ0n) is 18.2. The summed E-state index contributed by atoms with van der Waals surface area (Å²) >= 11 is 0. The van der Waals surface area contributed by atoms with Crippen molar-refractivity contribution in [2.45, 2.75) is 19.9 Å². The summed E-state index contributed by atoms with van der Waals surface area (Å²) in [5.74, 6) is -0.781. The lowest BCUT2D eigenvalue weighted by molar-refractivity contribution is -0.132. The van der Waals surface area contributed by atoms with Crippen molar-refractivity contribution in [1.82, 2.24) is 0 Å². The molecule has 3 aromatic rings. The van der Waals surface area contributed by atoms with Crippen LogP contribution in [0, 0.1) is 13.8 Å². The number of aliphatic hydroxyl groups excluding tert-OH is 1. The number of ketones is 1. The van der Waals surface area contributed by atoms with Crippen LogP contribution in [0.2, 0.25) is 0 Å². The third-order valence-electron chi connectivity index (χ3n) is 5.40. The summed E-state index contributed by atoms with van der Waals surface area (Å²) in [7, 11) is 2.95. The Morgan fingerprint density at radius 3 is 2.31 bits per heavy atom. The van der Waals surface area contributed by atoms with Crippen LogP contribution in [-0.2, 0) is 9.59 Å². The SMILES string of the molecule is COc1ccc(OC)c(/C(O)=C2/C(=O)C(=O)N(c3cc(C)cc(C)c3)C2c2ccco2)c1. The van der Waals surface area contributed by atoms with E-state index < -0.39 is 17.7 Å². The smallest absolute Gasteiger partial charge is 0.300 e. The number of hydrogen-bond donors (Lipinski definition) is 1. The highest BCUT2D eigenvalue weighted by Gasteiger charge is 2.48. The third kappa shape index (κ3) is 3.51. The van der Waals surface area contributed by atoms with Gasteiger partial charge in [-0.3, -0.25) is 14.5 Å². The molecule has 4 rings (SSSR count). The number of hydrogen-bond acceptors (Lipinski definition) is 6. The molecule has 1 atom stereocenters. The van der Waals surface area contributed by atoms with Crippen LogP contribution in [0.25, 0.3) is 5.76 Å². The Balaban J connectivity index is 1.97. The minimum atomic E-state index is -0.942. The van der Waals surface area contributed by atoms with Crippen LogP contribution in [0.3, 0.4) is 0 Å². The van der Waals surface area contributed by atoms with Crippen molar-refractivity contribution >= 4 is 23.1 Å². The third-order valence-corrected chi connectivity index (χ3v) is 5.40. The molecule has 0 saturated carbocycles. The summed E-state index contributed by atoms with van der Waals surface area (Å²) in [5.41, 5.74) is 2.57. The molecule has 2 aromatic carbocycles. The van der Waals surface area contributed by atoms with Gasteiger partial charge in [0.05, 0.1) is 31.6 Å². The van der Waals surface area contributed by atoms with E-state index in [1.807, 2.05) is 32.0 Å². The molecular weight excluding hydrogens is 410 g/mol. The van der Waals surface area contributed by atoms with Crippen molar-refractivity contribution in [3.63, 3.8) is 0 Å². The van der Waals surface area contributed by atoms with Crippen LogP contribution in [0.1, 0.15) is 28.5 Å². The number of nitrogens with zero attached hydrogens (tertiary/aromatic N) is 1. The lowest BCUT2D eigenvalue weighted by atomic mass is 9.98. The van der Waals surface area contributed by atoms with Gasteiger partial charge in [-0.2, -0.15) is 0 Å². The van der Waals surface area contributed by atoms with Crippen molar-refractivity contribution in [2.75, 3.05) is 19.1 Å². The van der Waals surface area contributed by atoms with Crippen LogP contribution < -0.4 is 14.4 Å². The Hall–Kier alpha value is -4.00. The van der Waals surface area contributed by atoms with Gasteiger partial charge in [-0.15, -0.1) is 0 Å². The first-order valence-corrected chi connectivity index (χ1v) is 10.0. The standard InChI is InChI=1S/C25H23NO6/c1-14-10-15(2)12-16(11-14)26-22(20-6-5-9-32-20)21(24(28)25(26)29)23(27)18-13-17(30-3)7-8-19(18)31-4/h5-13,22,27H,1-4H3/b23-21-. The fraction of sp³-hybridized carbons (Fsp3) is 0.200. The monoisotopic (exact) mass is 433 g/mol. The number of ether oxygens (including phenoxy) is 2. The predicted octanol–water partition coefficient (Wildman–Crippen LogP) is 4.54. The molecule has 0 aliphatic carbocycles. The molecule has 0 radical (unpaired) electrons. The number of carbonyl (C=O) groups is 2. The highest BCUT2D eigenvalue weighted by molar-refractivity contribution is 6.51. The first-order chi connectivity index (χ1) is 15.3. The number of amides is 1. The fourth-order valence-electron chi connectivity index (χ4n) is 4.05. The van der Waals surface area contributed by atoms with Crippen molar-refractivity contribution in [2.24, 2.45) is 0 Å². The number of rotatable bonds is 5. The maximum atomic E-state index is 13.2. The van der Waals surface area contributed by atoms with Crippen molar-refractivity contribution < 1.29 is 28.6 Å². The summed E-state index contributed by atoms with van der Waals surface area (Å²) in [4.78, 5) is 27.8. The predicted molar refractivity (Wildman–Crippen MR) is 119 cm³/mol. The maximum absolute atomic E-state index is 13.2. The van der Waals surface area contributed by atoms with Gasteiger partial charge in [-0.25, -0.2) is 0 Å². The van der Waals surface area contributed by atoms with E-state index in [4.69, 9.17) is 13.9 Å². The molecule has 1 amide bonds. The molecule has 1 fully saturated rings. The van der Waals surface area contributed by atoms with E-state index >= 15 is 0 Å². The Morgan fingerprint density at radius 2 is 1.72 bits per heavy atom. The zero-order valence-corrected chi connectivity index (χ0v) is 18.2. The van der Waals surface area contributed by atoms with Crippen LogP contribution in [-0.4, -0.2) is 31.0 Å². The maximum Gasteiger partial charge on any atom is 0.300 e. The van der Waals surface area contributed by atoms with Crippen LogP contribution in [0.4, 0.5) is 5.69 Å². The van der Waals surface area contributed by atoms with Gasteiger partial charge in [0.1, 0.15) is 29.1 Å². The molecule has 2 heterocycles. The number of aliphatic hydroxyl groups is 1. The van der Waals surface area contributed by atoms with E-state index in [-0.39, 0.29) is 16.9 Å². The molecule has 7 heteroatoms. The Bertz CT molecular complexity index is 1200. The lowest BCUT2D eigenvalue weighted by Crippen LogP contribution is -2.29. The summed E-state index contributed by atoms with van der Waals surface area (Å²) in [6, 6.07) is 12.9. The van der Waals surface area contributed by atoms with Gasteiger partial charge >= 0.3 is 0 Å². The van der Waals surface area contributed by atoms with E-state index in [0.717, 1.165) is 11.1 Å². The van der Waals surface area contributed by atoms with Gasteiger partial charge in [-0.05, 0) is 67.4 Å².